The van der Waals surface area contributed by atoms with E-state index in [1.54, 1.807) is 12.1 Å². The largest absolute Gasteiger partial charge is 0.507 e. The Bertz CT molecular complexity index is 667. The highest BCUT2D eigenvalue weighted by atomic mass is 16.5. The summed E-state index contributed by atoms with van der Waals surface area (Å²) >= 11 is 0. The molecule has 0 fully saturated rings. The van der Waals surface area contributed by atoms with Crippen molar-refractivity contribution in [1.82, 2.24) is 5.32 Å². The van der Waals surface area contributed by atoms with E-state index >= 15 is 0 Å². The predicted molar refractivity (Wildman–Crippen MR) is 75.0 cm³/mol. The van der Waals surface area contributed by atoms with E-state index in [0.29, 0.717) is 6.61 Å². The predicted octanol–water partition coefficient (Wildman–Crippen LogP) is 2.56. The number of amides is 1. The van der Waals surface area contributed by atoms with Crippen LogP contribution in [0.5, 0.6) is 11.5 Å². The van der Waals surface area contributed by atoms with Gasteiger partial charge in [0.1, 0.15) is 18.1 Å². The second kappa shape index (κ2) is 4.89. The third-order valence-electron chi connectivity index (χ3n) is 3.40. The standard InChI is InChI=1S/C16H15NO3/c1-10-6-7-14(18)12(8-10)16(19)17-13-9-20-15-5-3-2-4-11(13)15/h2-8,13,18H,9H2,1H3,(H,17,19). The molecule has 1 atom stereocenters. The number of aromatic hydroxyl groups is 1. The lowest BCUT2D eigenvalue weighted by Crippen LogP contribution is -2.29. The quantitative estimate of drug-likeness (QED) is 0.881. The lowest BCUT2D eigenvalue weighted by Gasteiger charge is -2.13. The SMILES string of the molecule is Cc1ccc(O)c(C(=O)NC2COc3ccccc32)c1. The molecule has 2 N–H and O–H groups in total. The van der Waals surface area contributed by atoms with Gasteiger partial charge in [-0.05, 0) is 25.1 Å². The number of benzene rings is 2. The minimum absolute atomic E-state index is 0.0136. The van der Waals surface area contributed by atoms with Gasteiger partial charge in [-0.2, -0.15) is 0 Å². The highest BCUT2D eigenvalue weighted by Gasteiger charge is 2.26. The molecule has 0 radical (unpaired) electrons. The topological polar surface area (TPSA) is 58.6 Å². The van der Waals surface area contributed by atoms with Crippen molar-refractivity contribution in [3.63, 3.8) is 0 Å². The van der Waals surface area contributed by atoms with E-state index < -0.39 is 0 Å². The monoisotopic (exact) mass is 269 g/mol. The zero-order chi connectivity index (χ0) is 14.1. The van der Waals surface area contributed by atoms with Gasteiger partial charge in [0, 0.05) is 5.56 Å². The van der Waals surface area contributed by atoms with Crippen LogP contribution in [0.4, 0.5) is 0 Å². The van der Waals surface area contributed by atoms with E-state index in [4.69, 9.17) is 4.74 Å². The van der Waals surface area contributed by atoms with Crippen molar-refractivity contribution < 1.29 is 14.6 Å². The third kappa shape index (κ3) is 2.20. The van der Waals surface area contributed by atoms with Gasteiger partial charge < -0.3 is 15.2 Å². The van der Waals surface area contributed by atoms with Gasteiger partial charge in [-0.3, -0.25) is 4.79 Å². The number of hydrogen-bond donors (Lipinski definition) is 2. The van der Waals surface area contributed by atoms with E-state index in [1.165, 1.54) is 6.07 Å². The normalized spacial score (nSPS) is 16.4. The number of carbonyl (C=O) groups excluding carboxylic acids is 1. The molecule has 4 heteroatoms. The number of phenolic OH excluding ortho intramolecular Hbond substituents is 1. The summed E-state index contributed by atoms with van der Waals surface area (Å²) in [4.78, 5) is 12.3. The number of aryl methyl sites for hydroxylation is 1. The number of phenols is 1. The molecule has 3 rings (SSSR count). The molecular weight excluding hydrogens is 254 g/mol. The number of hydrogen-bond acceptors (Lipinski definition) is 3. The van der Waals surface area contributed by atoms with Gasteiger partial charge in [0.05, 0.1) is 11.6 Å². The first-order valence-electron chi connectivity index (χ1n) is 6.47. The van der Waals surface area contributed by atoms with Crippen LogP contribution in [0.1, 0.15) is 27.5 Å². The Morgan fingerprint density at radius 1 is 1.30 bits per heavy atom. The zero-order valence-electron chi connectivity index (χ0n) is 11.1. The summed E-state index contributed by atoms with van der Waals surface area (Å²) < 4.78 is 5.52. The fraction of sp³-hybridized carbons (Fsp3) is 0.188. The second-order valence-electron chi connectivity index (χ2n) is 4.90. The maximum Gasteiger partial charge on any atom is 0.255 e. The van der Waals surface area contributed by atoms with Gasteiger partial charge in [0.25, 0.3) is 5.91 Å². The molecule has 4 nitrogen and oxygen atoms in total. The molecule has 0 aliphatic carbocycles. The highest BCUT2D eigenvalue weighted by Crippen LogP contribution is 2.32. The first kappa shape index (κ1) is 12.5. The van der Waals surface area contributed by atoms with Crippen LogP contribution in [0.15, 0.2) is 42.5 Å². The zero-order valence-corrected chi connectivity index (χ0v) is 11.1. The molecule has 0 aromatic heterocycles. The van der Waals surface area contributed by atoms with E-state index in [1.807, 2.05) is 31.2 Å². The van der Waals surface area contributed by atoms with Gasteiger partial charge in [0.2, 0.25) is 0 Å². The molecule has 20 heavy (non-hydrogen) atoms. The average molecular weight is 269 g/mol. The molecule has 1 aliphatic heterocycles. The maximum atomic E-state index is 12.3. The molecule has 0 bridgehead atoms. The van der Waals surface area contributed by atoms with Crippen LogP contribution in [-0.2, 0) is 0 Å². The lowest BCUT2D eigenvalue weighted by molar-refractivity contribution is 0.0927. The number of nitrogens with one attached hydrogen (secondary N) is 1. The smallest absolute Gasteiger partial charge is 0.255 e. The summed E-state index contributed by atoms with van der Waals surface area (Å²) in [5, 5.41) is 12.7. The summed E-state index contributed by atoms with van der Waals surface area (Å²) in [6.07, 6.45) is 0. The fourth-order valence-corrected chi connectivity index (χ4v) is 2.35. The Labute approximate surface area is 117 Å². The first-order valence-corrected chi connectivity index (χ1v) is 6.47. The number of fused-ring (bicyclic) bond motifs is 1. The van der Waals surface area contributed by atoms with E-state index in [9.17, 15) is 9.90 Å². The minimum Gasteiger partial charge on any atom is -0.507 e. The van der Waals surface area contributed by atoms with Gasteiger partial charge >= 0.3 is 0 Å². The van der Waals surface area contributed by atoms with Crippen molar-refractivity contribution in [2.75, 3.05) is 6.61 Å². The summed E-state index contributed by atoms with van der Waals surface area (Å²) in [6, 6.07) is 12.4. The van der Waals surface area contributed by atoms with Gasteiger partial charge in [0.15, 0.2) is 0 Å². The van der Waals surface area contributed by atoms with Crippen molar-refractivity contribution in [2.24, 2.45) is 0 Å². The van der Waals surface area contributed by atoms with Crippen molar-refractivity contribution in [2.45, 2.75) is 13.0 Å². The molecule has 102 valence electrons. The third-order valence-corrected chi connectivity index (χ3v) is 3.40. The van der Waals surface area contributed by atoms with Gasteiger partial charge in [-0.25, -0.2) is 0 Å². The summed E-state index contributed by atoms with van der Waals surface area (Å²) in [7, 11) is 0. The highest BCUT2D eigenvalue weighted by molar-refractivity contribution is 5.97. The molecule has 1 amide bonds. The van der Waals surface area contributed by atoms with Crippen molar-refractivity contribution in [1.29, 1.82) is 0 Å². The van der Waals surface area contributed by atoms with Gasteiger partial charge in [-0.15, -0.1) is 0 Å². The molecule has 2 aromatic carbocycles. The lowest BCUT2D eigenvalue weighted by atomic mass is 10.1. The Balaban J connectivity index is 1.82. The molecule has 1 heterocycles. The molecule has 0 saturated carbocycles. The molecular formula is C16H15NO3. The van der Waals surface area contributed by atoms with Crippen LogP contribution in [0.2, 0.25) is 0 Å². The van der Waals surface area contributed by atoms with Crippen LogP contribution in [0, 0.1) is 6.92 Å². The van der Waals surface area contributed by atoms with Crippen LogP contribution in [0.3, 0.4) is 0 Å². The fourth-order valence-electron chi connectivity index (χ4n) is 2.35. The number of rotatable bonds is 2. The van der Waals surface area contributed by atoms with Crippen LogP contribution < -0.4 is 10.1 Å². The molecule has 1 unspecified atom stereocenters. The number of para-hydroxylation sites is 1. The Kier molecular flexibility index (Phi) is 3.06. The average Bonchev–Trinajstić information content (AvgIpc) is 2.85. The second-order valence-corrected chi connectivity index (χ2v) is 4.90. The van der Waals surface area contributed by atoms with Crippen molar-refractivity contribution in [3.05, 3.63) is 59.2 Å². The maximum absolute atomic E-state index is 12.3. The molecule has 1 aliphatic rings. The van der Waals surface area contributed by atoms with Crippen molar-refractivity contribution in [3.8, 4) is 11.5 Å². The van der Waals surface area contributed by atoms with Crippen molar-refractivity contribution >= 4 is 5.91 Å². The first-order chi connectivity index (χ1) is 9.65. The van der Waals surface area contributed by atoms with E-state index in [-0.39, 0.29) is 23.3 Å². The molecule has 0 saturated heterocycles. The Morgan fingerprint density at radius 2 is 2.10 bits per heavy atom. The summed E-state index contributed by atoms with van der Waals surface area (Å²) in [6.45, 7) is 2.29. The van der Waals surface area contributed by atoms with Gasteiger partial charge in [-0.1, -0.05) is 29.8 Å². The summed E-state index contributed by atoms with van der Waals surface area (Å²) in [5.74, 6) is 0.489. The van der Waals surface area contributed by atoms with E-state index in [0.717, 1.165) is 16.9 Å². The Hall–Kier alpha value is -2.49. The van der Waals surface area contributed by atoms with Crippen LogP contribution in [0.25, 0.3) is 0 Å². The minimum atomic E-state index is -0.295. The number of ether oxygens (including phenoxy) is 1. The van der Waals surface area contributed by atoms with Crippen LogP contribution in [-0.4, -0.2) is 17.6 Å². The number of carbonyl (C=O) groups is 1. The molecule has 0 spiro atoms. The Morgan fingerprint density at radius 3 is 2.95 bits per heavy atom. The van der Waals surface area contributed by atoms with Crippen LogP contribution >= 0.6 is 0 Å². The molecule has 2 aromatic rings. The summed E-state index contributed by atoms with van der Waals surface area (Å²) in [5.41, 5.74) is 2.18. The van der Waals surface area contributed by atoms with E-state index in [2.05, 4.69) is 5.32 Å².